The average molecular weight is 475 g/mol. The van der Waals surface area contributed by atoms with E-state index in [0.29, 0.717) is 0 Å². The lowest BCUT2D eigenvalue weighted by Gasteiger charge is -2.12. The summed E-state index contributed by atoms with van der Waals surface area (Å²) in [4.78, 5) is 48.7. The van der Waals surface area contributed by atoms with Crippen LogP contribution in [0.25, 0.3) is 16.3 Å². The van der Waals surface area contributed by atoms with Gasteiger partial charge in [-0.1, -0.05) is 36.4 Å². The zero-order chi connectivity index (χ0) is 25.4. The average Bonchev–Trinajstić information content (AvgIpc) is 2.87. The molecule has 0 atom stereocenters. The predicted octanol–water partition coefficient (Wildman–Crippen LogP) is 3.96. The van der Waals surface area contributed by atoms with Gasteiger partial charge in [-0.25, -0.2) is 4.79 Å². The van der Waals surface area contributed by atoms with Crippen LogP contribution >= 0.6 is 0 Å². The molecule has 0 spiro atoms. The van der Waals surface area contributed by atoms with Crippen molar-refractivity contribution in [2.45, 2.75) is 13.3 Å². The maximum atomic E-state index is 12.8. The molecule has 0 bridgehead atoms. The molecule has 0 aliphatic heterocycles. The molecule has 2 amide bonds. The minimum absolute atomic E-state index is 0.0188. The summed E-state index contributed by atoms with van der Waals surface area (Å²) < 4.78 is 9.34. The van der Waals surface area contributed by atoms with Gasteiger partial charge in [0.05, 0.1) is 31.9 Å². The fourth-order valence-corrected chi connectivity index (χ4v) is 3.44. The minimum Gasteiger partial charge on any atom is -0.469 e. The Balaban J connectivity index is 1.80. The van der Waals surface area contributed by atoms with Gasteiger partial charge in [-0.2, -0.15) is 0 Å². The molecule has 0 aromatic heterocycles. The lowest BCUT2D eigenvalue weighted by molar-refractivity contribution is -0.140. The summed E-state index contributed by atoms with van der Waals surface area (Å²) in [6.45, 7) is 1.90. The molecular formula is C27H26N2O6. The molecular weight excluding hydrogens is 448 g/mol. The molecule has 0 saturated heterocycles. The van der Waals surface area contributed by atoms with E-state index in [1.807, 2.05) is 49.4 Å². The normalized spacial score (nSPS) is 11.0. The molecule has 0 unspecified atom stereocenters. The van der Waals surface area contributed by atoms with Gasteiger partial charge in [-0.05, 0) is 53.1 Å². The highest BCUT2D eigenvalue weighted by molar-refractivity contribution is 6.09. The molecule has 35 heavy (non-hydrogen) atoms. The summed E-state index contributed by atoms with van der Waals surface area (Å²) >= 11 is 0. The first-order chi connectivity index (χ1) is 16.8. The van der Waals surface area contributed by atoms with Gasteiger partial charge in [0.1, 0.15) is 0 Å². The van der Waals surface area contributed by atoms with Crippen LogP contribution in [0.4, 0.5) is 5.69 Å². The van der Waals surface area contributed by atoms with Crippen LogP contribution in [0.15, 0.2) is 66.7 Å². The standard InChI is InChI=1S/C27H26N2O6/c1-17(19-9-8-18-6-4-5-7-20(18)15-19)14-24(30)29-23-16-21(10-11-22(23)27(33)35-3)26(32)28-13-12-25(31)34-2/h4-11,14-16H,12-13H2,1-3H3,(H,28,32)(H,29,30). The molecule has 8 nitrogen and oxygen atoms in total. The van der Waals surface area contributed by atoms with Crippen molar-refractivity contribution in [3.8, 4) is 0 Å². The number of rotatable bonds is 8. The van der Waals surface area contributed by atoms with Crippen molar-refractivity contribution in [2.24, 2.45) is 0 Å². The first-order valence-corrected chi connectivity index (χ1v) is 10.9. The number of esters is 2. The SMILES string of the molecule is COC(=O)CCNC(=O)c1ccc(C(=O)OC)c(NC(=O)C=C(C)c2ccc3ccccc3c2)c1. The van der Waals surface area contributed by atoms with E-state index in [1.165, 1.54) is 38.5 Å². The second kappa shape index (κ2) is 11.6. The zero-order valence-corrected chi connectivity index (χ0v) is 19.7. The van der Waals surface area contributed by atoms with Gasteiger partial charge in [-0.3, -0.25) is 14.4 Å². The van der Waals surface area contributed by atoms with Gasteiger partial charge in [0.25, 0.3) is 5.91 Å². The van der Waals surface area contributed by atoms with Gasteiger partial charge >= 0.3 is 11.9 Å². The van der Waals surface area contributed by atoms with E-state index in [-0.39, 0.29) is 29.8 Å². The van der Waals surface area contributed by atoms with Crippen molar-refractivity contribution in [3.63, 3.8) is 0 Å². The van der Waals surface area contributed by atoms with E-state index in [2.05, 4.69) is 15.4 Å². The van der Waals surface area contributed by atoms with Gasteiger partial charge in [0.15, 0.2) is 0 Å². The van der Waals surface area contributed by atoms with E-state index in [1.54, 1.807) is 0 Å². The maximum absolute atomic E-state index is 12.8. The third-order valence-electron chi connectivity index (χ3n) is 5.34. The number of anilines is 1. The van der Waals surface area contributed by atoms with Crippen LogP contribution in [-0.2, 0) is 19.1 Å². The number of carbonyl (C=O) groups excluding carboxylic acids is 4. The maximum Gasteiger partial charge on any atom is 0.339 e. The number of methoxy groups -OCH3 is 2. The first kappa shape index (κ1) is 25.2. The Hall–Kier alpha value is -4.46. The highest BCUT2D eigenvalue weighted by atomic mass is 16.5. The highest BCUT2D eigenvalue weighted by Crippen LogP contribution is 2.22. The predicted molar refractivity (Wildman–Crippen MR) is 133 cm³/mol. The van der Waals surface area contributed by atoms with E-state index < -0.39 is 23.8 Å². The van der Waals surface area contributed by atoms with Gasteiger partial charge < -0.3 is 20.1 Å². The van der Waals surface area contributed by atoms with Gasteiger partial charge in [0.2, 0.25) is 5.91 Å². The highest BCUT2D eigenvalue weighted by Gasteiger charge is 2.17. The minimum atomic E-state index is -0.659. The number of nitrogens with one attached hydrogen (secondary N) is 2. The number of hydrogen-bond acceptors (Lipinski definition) is 6. The Labute approximate surface area is 202 Å². The molecule has 180 valence electrons. The number of allylic oxidation sites excluding steroid dienone is 1. The van der Waals surface area contributed by atoms with Crippen LogP contribution < -0.4 is 10.6 Å². The zero-order valence-electron chi connectivity index (χ0n) is 19.7. The van der Waals surface area contributed by atoms with Crippen LogP contribution in [0.2, 0.25) is 0 Å². The van der Waals surface area contributed by atoms with Crippen molar-refractivity contribution in [1.29, 1.82) is 0 Å². The summed E-state index contributed by atoms with van der Waals surface area (Å²) in [7, 11) is 2.49. The van der Waals surface area contributed by atoms with Crippen LogP contribution in [0.3, 0.4) is 0 Å². The first-order valence-electron chi connectivity index (χ1n) is 10.9. The van der Waals surface area contributed by atoms with E-state index in [4.69, 9.17) is 4.74 Å². The molecule has 0 aliphatic carbocycles. The Morgan fingerprint density at radius 2 is 1.57 bits per heavy atom. The summed E-state index contributed by atoms with van der Waals surface area (Å²) in [5.41, 5.74) is 2.04. The largest absolute Gasteiger partial charge is 0.469 e. The summed E-state index contributed by atoms with van der Waals surface area (Å²) in [6.07, 6.45) is 1.44. The molecule has 8 heteroatoms. The smallest absolute Gasteiger partial charge is 0.339 e. The topological polar surface area (TPSA) is 111 Å². The van der Waals surface area contributed by atoms with Crippen molar-refractivity contribution >= 4 is 45.8 Å². The van der Waals surface area contributed by atoms with Gasteiger partial charge in [-0.15, -0.1) is 0 Å². The summed E-state index contributed by atoms with van der Waals surface area (Å²) in [5.74, 6) is -2.05. The molecule has 0 aliphatic rings. The van der Waals surface area contributed by atoms with Crippen molar-refractivity contribution in [2.75, 3.05) is 26.1 Å². The summed E-state index contributed by atoms with van der Waals surface area (Å²) in [5, 5.41) is 7.42. The third kappa shape index (κ3) is 6.54. The number of ether oxygens (including phenoxy) is 2. The van der Waals surface area contributed by atoms with Crippen LogP contribution in [0, 0.1) is 0 Å². The van der Waals surface area contributed by atoms with Crippen LogP contribution in [0.5, 0.6) is 0 Å². The van der Waals surface area contributed by atoms with Crippen molar-refractivity contribution in [1.82, 2.24) is 5.32 Å². The molecule has 3 aromatic rings. The number of fused-ring (bicyclic) bond motifs is 1. The monoisotopic (exact) mass is 474 g/mol. The van der Waals surface area contributed by atoms with E-state index >= 15 is 0 Å². The van der Waals surface area contributed by atoms with E-state index in [9.17, 15) is 19.2 Å². The molecule has 2 N–H and O–H groups in total. The Kier molecular flexibility index (Phi) is 8.34. The van der Waals surface area contributed by atoms with Crippen LogP contribution in [-0.4, -0.2) is 44.5 Å². The Morgan fingerprint density at radius 1 is 0.857 bits per heavy atom. The quantitative estimate of drug-likeness (QED) is 0.378. The second-order valence-corrected chi connectivity index (χ2v) is 7.71. The second-order valence-electron chi connectivity index (χ2n) is 7.71. The number of carbonyl (C=O) groups is 4. The lowest BCUT2D eigenvalue weighted by Crippen LogP contribution is -2.26. The van der Waals surface area contributed by atoms with E-state index in [0.717, 1.165) is 21.9 Å². The number of hydrogen-bond donors (Lipinski definition) is 2. The Morgan fingerprint density at radius 3 is 2.29 bits per heavy atom. The molecule has 0 fully saturated rings. The molecule has 0 heterocycles. The lowest BCUT2D eigenvalue weighted by atomic mass is 10.0. The Bertz CT molecular complexity index is 1310. The molecule has 0 saturated carbocycles. The number of amides is 2. The van der Waals surface area contributed by atoms with Gasteiger partial charge in [0, 0.05) is 18.2 Å². The fourth-order valence-electron chi connectivity index (χ4n) is 3.44. The fraction of sp³-hybridized carbons (Fsp3) is 0.185. The molecule has 3 rings (SSSR count). The summed E-state index contributed by atoms with van der Waals surface area (Å²) in [6, 6.07) is 18.1. The third-order valence-corrected chi connectivity index (χ3v) is 5.34. The van der Waals surface area contributed by atoms with Crippen molar-refractivity contribution in [3.05, 3.63) is 83.4 Å². The molecule has 3 aromatic carbocycles. The van der Waals surface area contributed by atoms with Crippen molar-refractivity contribution < 1.29 is 28.7 Å². The van der Waals surface area contributed by atoms with Crippen LogP contribution in [0.1, 0.15) is 39.6 Å². The molecule has 0 radical (unpaired) electrons. The number of benzene rings is 3.